The van der Waals surface area contributed by atoms with E-state index in [2.05, 4.69) is 36.8 Å². The van der Waals surface area contributed by atoms with E-state index in [1.165, 1.54) is 19.5 Å². The number of esters is 1. The molecule has 3 heterocycles. The lowest BCUT2D eigenvalue weighted by Gasteiger charge is -2.13. The first-order chi connectivity index (χ1) is 18.9. The van der Waals surface area contributed by atoms with Gasteiger partial charge in [0.2, 0.25) is 0 Å². The summed E-state index contributed by atoms with van der Waals surface area (Å²) in [6.07, 6.45) is 5.85. The zero-order valence-electron chi connectivity index (χ0n) is 21.1. The van der Waals surface area contributed by atoms with E-state index in [4.69, 9.17) is 10.5 Å². The van der Waals surface area contributed by atoms with Crippen LogP contribution in [0.4, 0.5) is 21.6 Å². The Morgan fingerprint density at radius 1 is 1.21 bits per heavy atom. The number of carbonyl (C=O) groups excluding carboxylic acids is 1. The monoisotopic (exact) mass is 524 g/mol. The zero-order chi connectivity index (χ0) is 27.1. The van der Waals surface area contributed by atoms with Crippen molar-refractivity contribution in [1.82, 2.24) is 19.5 Å². The number of fused-ring (bicyclic) bond motifs is 2. The number of aromatic nitrogens is 5. The van der Waals surface area contributed by atoms with Crippen LogP contribution < -0.4 is 20.5 Å². The Kier molecular flexibility index (Phi) is 5.92. The Hall–Kier alpha value is -5.24. The zero-order valence-corrected chi connectivity index (χ0v) is 21.1. The second-order valence-corrected chi connectivity index (χ2v) is 9.15. The number of hydrogen-bond donors (Lipinski definition) is 2. The molecule has 0 bridgehead atoms. The summed E-state index contributed by atoms with van der Waals surface area (Å²) < 4.78 is 29.3. The van der Waals surface area contributed by atoms with Crippen molar-refractivity contribution in [1.29, 1.82) is 0 Å². The van der Waals surface area contributed by atoms with Gasteiger partial charge in [-0.1, -0.05) is 5.92 Å². The van der Waals surface area contributed by atoms with Gasteiger partial charge < -0.3 is 20.5 Å². The maximum atomic E-state index is 14.7. The summed E-state index contributed by atoms with van der Waals surface area (Å²) in [5, 5.41) is 3.39. The highest BCUT2D eigenvalue weighted by molar-refractivity contribution is 5.93. The number of hydrogen-bond acceptors (Lipinski definition) is 8. The highest BCUT2D eigenvalue weighted by Crippen LogP contribution is 2.38. The summed E-state index contributed by atoms with van der Waals surface area (Å²) in [4.78, 5) is 24.1. The van der Waals surface area contributed by atoms with E-state index in [1.54, 1.807) is 12.4 Å². The first-order valence-electron chi connectivity index (χ1n) is 12.1. The molecule has 0 aliphatic heterocycles. The normalized spacial score (nSPS) is 16.0. The third kappa shape index (κ3) is 4.64. The van der Waals surface area contributed by atoms with E-state index in [-0.39, 0.29) is 23.0 Å². The Balaban J connectivity index is 1.19. The van der Waals surface area contributed by atoms with Gasteiger partial charge in [0.25, 0.3) is 5.65 Å². The van der Waals surface area contributed by atoms with Crippen molar-refractivity contribution in [2.75, 3.05) is 18.2 Å². The average molecular weight is 525 g/mol. The maximum Gasteiger partial charge on any atom is 0.384 e. The van der Waals surface area contributed by atoms with E-state index in [9.17, 15) is 9.18 Å². The predicted molar refractivity (Wildman–Crippen MR) is 141 cm³/mol. The molecule has 2 aromatic carbocycles. The van der Waals surface area contributed by atoms with Crippen molar-refractivity contribution in [2.24, 2.45) is 5.92 Å². The molecule has 2 atom stereocenters. The SMILES string of the molecule is COC(=O)C#CC1CC1[n+]1cnc2cc(Oc3ccc(Nc4ncnc5ccc(N)c(F)c45)cc3C)ccn21. The number of nitrogen functional groups attached to an aromatic ring is 1. The van der Waals surface area contributed by atoms with Gasteiger partial charge in [0.05, 0.1) is 41.9 Å². The summed E-state index contributed by atoms with van der Waals surface area (Å²) in [5.41, 5.74) is 8.52. The fourth-order valence-corrected chi connectivity index (χ4v) is 4.40. The molecule has 0 radical (unpaired) electrons. The second kappa shape index (κ2) is 9.57. The largest absolute Gasteiger partial charge is 0.459 e. The Bertz CT molecular complexity index is 1830. The molecule has 194 valence electrons. The minimum Gasteiger partial charge on any atom is -0.459 e. The van der Waals surface area contributed by atoms with Gasteiger partial charge in [-0.2, -0.15) is 0 Å². The van der Waals surface area contributed by atoms with Crippen LogP contribution in [0.1, 0.15) is 18.0 Å². The number of anilines is 3. The number of rotatable bonds is 5. The van der Waals surface area contributed by atoms with Crippen LogP contribution in [0, 0.1) is 30.5 Å². The smallest absolute Gasteiger partial charge is 0.384 e. The number of halogens is 1. The highest BCUT2D eigenvalue weighted by atomic mass is 19.1. The molecule has 10 nitrogen and oxygen atoms in total. The third-order valence-corrected chi connectivity index (χ3v) is 6.52. The second-order valence-electron chi connectivity index (χ2n) is 9.15. The lowest BCUT2D eigenvalue weighted by molar-refractivity contribution is -0.766. The highest BCUT2D eigenvalue weighted by Gasteiger charge is 2.44. The number of benzene rings is 2. The van der Waals surface area contributed by atoms with Crippen molar-refractivity contribution in [3.05, 3.63) is 72.7 Å². The predicted octanol–water partition coefficient (Wildman–Crippen LogP) is 3.87. The summed E-state index contributed by atoms with van der Waals surface area (Å²) >= 11 is 0. The number of ether oxygens (including phenoxy) is 2. The first-order valence-corrected chi connectivity index (χ1v) is 12.1. The molecule has 5 aromatic rings. The molecule has 0 spiro atoms. The van der Waals surface area contributed by atoms with Crippen LogP contribution in [0.5, 0.6) is 11.5 Å². The Labute approximate surface area is 222 Å². The minimum atomic E-state index is -0.561. The number of carbonyl (C=O) groups is 1. The first kappa shape index (κ1) is 24.1. The quantitative estimate of drug-likeness (QED) is 0.117. The molecule has 39 heavy (non-hydrogen) atoms. The van der Waals surface area contributed by atoms with Gasteiger partial charge in [0.15, 0.2) is 5.82 Å². The van der Waals surface area contributed by atoms with Crippen LogP contribution in [0.3, 0.4) is 0 Å². The molecule has 3 aromatic heterocycles. The van der Waals surface area contributed by atoms with Crippen molar-refractivity contribution in [2.45, 2.75) is 19.4 Å². The molecule has 1 saturated carbocycles. The average Bonchev–Trinajstić information content (AvgIpc) is 3.59. The molecule has 3 N–H and O–H groups in total. The summed E-state index contributed by atoms with van der Waals surface area (Å²) in [5.74, 6) is 6.04. The molecule has 1 fully saturated rings. The van der Waals surface area contributed by atoms with Gasteiger partial charge in [-0.3, -0.25) is 0 Å². The van der Waals surface area contributed by atoms with Gasteiger partial charge >= 0.3 is 12.3 Å². The molecule has 2 unspecified atom stereocenters. The van der Waals surface area contributed by atoms with Crippen LogP contribution in [-0.4, -0.2) is 32.5 Å². The van der Waals surface area contributed by atoms with Crippen LogP contribution in [0.15, 0.2) is 61.3 Å². The van der Waals surface area contributed by atoms with Crippen LogP contribution in [0.25, 0.3) is 16.6 Å². The molecular formula is C28H23FN7O3+. The molecule has 0 amide bonds. The van der Waals surface area contributed by atoms with Crippen LogP contribution in [0.2, 0.25) is 0 Å². The van der Waals surface area contributed by atoms with Gasteiger partial charge in [0, 0.05) is 24.1 Å². The standard InChI is InChI=1S/C28H23FN7O3/c1-16-11-18(34-28-26-21(31-14-32-28)6-5-20(30)27(26)29)4-7-23(16)39-19-9-10-35-24(13-19)33-15-36(35)22-12-17(22)3-8-25(37)38-2/h4-7,9-11,13-15,17,22H,12,30H2,1-2H3,(H,31,32,34)/q+1. The van der Waals surface area contributed by atoms with Crippen LogP contribution >= 0.6 is 0 Å². The Morgan fingerprint density at radius 3 is 2.90 bits per heavy atom. The van der Waals surface area contributed by atoms with E-state index in [1.807, 2.05) is 52.6 Å². The fourth-order valence-electron chi connectivity index (χ4n) is 4.40. The van der Waals surface area contributed by atoms with Crippen molar-refractivity contribution >= 4 is 39.7 Å². The number of nitrogens with two attached hydrogens (primary N) is 1. The lowest BCUT2D eigenvalue weighted by atomic mass is 10.1. The van der Waals surface area contributed by atoms with Gasteiger partial charge in [0.1, 0.15) is 29.7 Å². The van der Waals surface area contributed by atoms with Crippen molar-refractivity contribution < 1.29 is 23.3 Å². The summed E-state index contributed by atoms with van der Waals surface area (Å²) in [7, 11) is 1.31. The van der Waals surface area contributed by atoms with Gasteiger partial charge in [-0.25, -0.2) is 19.2 Å². The number of nitrogens with zero attached hydrogens (tertiary/aromatic N) is 5. The molecular weight excluding hydrogens is 501 g/mol. The molecule has 0 saturated heterocycles. The van der Waals surface area contributed by atoms with Crippen molar-refractivity contribution in [3.8, 4) is 23.3 Å². The fraction of sp³-hybridized carbons (Fsp3) is 0.179. The van der Waals surface area contributed by atoms with E-state index in [0.29, 0.717) is 34.2 Å². The molecule has 6 rings (SSSR count). The number of aryl methyl sites for hydroxylation is 1. The topological polar surface area (TPSA) is 121 Å². The van der Waals surface area contributed by atoms with E-state index < -0.39 is 11.8 Å². The lowest BCUT2D eigenvalue weighted by Crippen LogP contribution is -2.38. The molecule has 1 aliphatic carbocycles. The maximum absolute atomic E-state index is 14.7. The van der Waals surface area contributed by atoms with Gasteiger partial charge in [-0.05, 0) is 47.8 Å². The number of pyridine rings is 1. The third-order valence-electron chi connectivity index (χ3n) is 6.52. The molecule has 1 aliphatic rings. The Morgan fingerprint density at radius 2 is 2.08 bits per heavy atom. The van der Waals surface area contributed by atoms with Crippen molar-refractivity contribution in [3.63, 3.8) is 0 Å². The number of methoxy groups -OCH3 is 1. The molecule has 11 heteroatoms. The summed E-state index contributed by atoms with van der Waals surface area (Å²) in [6.45, 7) is 1.92. The van der Waals surface area contributed by atoms with Gasteiger partial charge in [-0.15, -0.1) is 9.20 Å². The number of nitrogens with one attached hydrogen (secondary N) is 1. The van der Waals surface area contributed by atoms with E-state index in [0.717, 1.165) is 12.0 Å². The van der Waals surface area contributed by atoms with Crippen LogP contribution in [-0.2, 0) is 9.53 Å². The minimum absolute atomic E-state index is 0.0319. The van der Waals surface area contributed by atoms with E-state index >= 15 is 0 Å². The summed E-state index contributed by atoms with van der Waals surface area (Å²) in [6, 6.07) is 12.5.